The van der Waals surface area contributed by atoms with Crippen LogP contribution in [0.2, 0.25) is 0 Å². The second kappa shape index (κ2) is 5.07. The van der Waals surface area contributed by atoms with Gasteiger partial charge in [0.05, 0.1) is 6.42 Å². The van der Waals surface area contributed by atoms with Gasteiger partial charge in [0.25, 0.3) is 0 Å². The maximum Gasteiger partial charge on any atom is 0.389 e. The Balaban J connectivity index is 2.74. The van der Waals surface area contributed by atoms with Gasteiger partial charge in [-0.25, -0.2) is 0 Å². The molecule has 0 bridgehead atoms. The molecule has 0 aromatic carbocycles. The average Bonchev–Trinajstić information content (AvgIpc) is 2.13. The van der Waals surface area contributed by atoms with Crippen LogP contribution in [0.4, 0.5) is 13.2 Å². The Morgan fingerprint density at radius 2 is 1.69 bits per heavy atom. The van der Waals surface area contributed by atoms with Crippen molar-refractivity contribution in [3.05, 3.63) is 0 Å². The van der Waals surface area contributed by atoms with Crippen molar-refractivity contribution in [3.8, 4) is 0 Å². The molecule has 1 aliphatic rings. The van der Waals surface area contributed by atoms with Crippen molar-refractivity contribution in [2.45, 2.75) is 50.4 Å². The maximum absolute atomic E-state index is 12.2. The molecule has 0 aromatic rings. The molecule has 0 amide bonds. The van der Waals surface area contributed by atoms with E-state index in [0.717, 1.165) is 6.42 Å². The maximum atomic E-state index is 12.2. The molecule has 0 aromatic heterocycles. The number of halogens is 3. The first-order valence-corrected chi connectivity index (χ1v) is 6.90. The fourth-order valence-electron chi connectivity index (χ4n) is 2.29. The van der Waals surface area contributed by atoms with Gasteiger partial charge in [-0.2, -0.15) is 13.2 Å². The van der Waals surface area contributed by atoms with Crippen molar-refractivity contribution in [2.75, 3.05) is 0 Å². The highest BCUT2D eigenvalue weighted by Crippen LogP contribution is 2.47. The van der Waals surface area contributed by atoms with Crippen LogP contribution in [-0.4, -0.2) is 11.8 Å². The first-order valence-electron chi connectivity index (χ1n) is 5.28. The molecule has 1 aliphatic carbocycles. The Bertz CT molecular complexity index is 268. The summed E-state index contributed by atoms with van der Waals surface area (Å²) < 4.78 is 47.5. The van der Waals surface area contributed by atoms with Gasteiger partial charge < -0.3 is 14.4 Å². The van der Waals surface area contributed by atoms with Gasteiger partial charge in [-0.1, -0.05) is 26.9 Å². The van der Waals surface area contributed by atoms with Crippen molar-refractivity contribution in [3.63, 3.8) is 0 Å². The minimum Gasteiger partial charge on any atom is -0.811 e. The van der Waals surface area contributed by atoms with E-state index in [2.05, 4.69) is 0 Å². The second-order valence-electron chi connectivity index (χ2n) is 4.32. The van der Waals surface area contributed by atoms with Crippen molar-refractivity contribution < 1.29 is 27.5 Å². The smallest absolute Gasteiger partial charge is 0.389 e. The molecule has 1 atom stereocenters. The monoisotopic (exact) mass is 258 g/mol. The Hall–Kier alpha value is -0.0600. The summed E-state index contributed by atoms with van der Waals surface area (Å²) in [6.07, 6.45) is -2.95. The van der Waals surface area contributed by atoms with E-state index in [4.69, 9.17) is 0 Å². The highest BCUT2D eigenvalue weighted by atomic mass is 31.2. The van der Waals surface area contributed by atoms with Crippen molar-refractivity contribution in [1.82, 2.24) is 0 Å². The Labute approximate surface area is 92.2 Å². The van der Waals surface area contributed by atoms with Crippen LogP contribution in [-0.2, 0) is 4.57 Å². The Kier molecular flexibility index (Phi) is 4.43. The summed E-state index contributed by atoms with van der Waals surface area (Å²) in [6.45, 7) is 0. The first kappa shape index (κ1) is 14.0. The molecule has 0 spiro atoms. The molecule has 1 fully saturated rings. The Morgan fingerprint density at radius 1 is 1.19 bits per heavy atom. The summed E-state index contributed by atoms with van der Waals surface area (Å²) in [7, 11) is -5.16. The largest absolute Gasteiger partial charge is 0.811 e. The molecule has 1 rings (SSSR count). The third kappa shape index (κ3) is 4.44. The third-order valence-corrected chi connectivity index (χ3v) is 4.46. The van der Waals surface area contributed by atoms with E-state index in [9.17, 15) is 27.5 Å². The number of hydrogen-bond acceptors (Lipinski definition) is 3. The van der Waals surface area contributed by atoms with Gasteiger partial charge in [0.2, 0.25) is 0 Å². The van der Waals surface area contributed by atoms with E-state index in [1.807, 2.05) is 0 Å². The Morgan fingerprint density at radius 3 is 2.06 bits per heavy atom. The number of alkyl halides is 3. The predicted octanol–water partition coefficient (Wildman–Crippen LogP) is 1.80. The van der Waals surface area contributed by atoms with Crippen molar-refractivity contribution in [2.24, 2.45) is 5.92 Å². The topological polar surface area (TPSA) is 63.2 Å². The van der Waals surface area contributed by atoms with E-state index in [1.165, 1.54) is 0 Å². The van der Waals surface area contributed by atoms with E-state index >= 15 is 0 Å². The molecule has 1 unspecified atom stereocenters. The van der Waals surface area contributed by atoms with Crippen molar-refractivity contribution in [1.29, 1.82) is 0 Å². The zero-order chi connectivity index (χ0) is 12.4. The van der Waals surface area contributed by atoms with Crippen LogP contribution in [0, 0.1) is 5.92 Å². The van der Waals surface area contributed by atoms with Crippen LogP contribution < -0.4 is 9.79 Å². The quantitative estimate of drug-likeness (QED) is 0.725. The normalized spacial score (nSPS) is 22.1. The standard InChI is InChI=1S/C9H16F3O3P/c10-9(11,12)6-8(16(13,14)15)7-4-2-1-3-5-7/h7-8H,1-6H2,(H2,13,14,15)/p-2. The fraction of sp³-hybridized carbons (Fsp3) is 1.00. The molecule has 0 aliphatic heterocycles. The van der Waals surface area contributed by atoms with Gasteiger partial charge >= 0.3 is 6.18 Å². The van der Waals surface area contributed by atoms with E-state index in [-0.39, 0.29) is 0 Å². The minimum absolute atomic E-state index is 0.412. The predicted molar refractivity (Wildman–Crippen MR) is 48.6 cm³/mol. The van der Waals surface area contributed by atoms with E-state index in [1.54, 1.807) is 0 Å². The highest BCUT2D eigenvalue weighted by molar-refractivity contribution is 7.49. The van der Waals surface area contributed by atoms with Crippen LogP contribution in [0.15, 0.2) is 0 Å². The molecule has 7 heteroatoms. The highest BCUT2D eigenvalue weighted by Gasteiger charge is 2.37. The number of hydrogen-bond donors (Lipinski definition) is 0. The summed E-state index contributed by atoms with van der Waals surface area (Å²) in [5, 5.41) is 0. The summed E-state index contributed by atoms with van der Waals surface area (Å²) in [6, 6.07) is 0. The third-order valence-electron chi connectivity index (χ3n) is 3.04. The second-order valence-corrected chi connectivity index (χ2v) is 6.07. The fourth-order valence-corrected chi connectivity index (χ4v) is 3.54. The molecule has 0 heterocycles. The van der Waals surface area contributed by atoms with E-state index < -0.39 is 31.8 Å². The molecule has 16 heavy (non-hydrogen) atoms. The van der Waals surface area contributed by atoms with Gasteiger partial charge in [-0.05, 0) is 24.4 Å². The van der Waals surface area contributed by atoms with Gasteiger partial charge in [0, 0.05) is 0 Å². The summed E-state index contributed by atoms with van der Waals surface area (Å²) in [5.74, 6) is -0.615. The average molecular weight is 258 g/mol. The molecule has 1 saturated carbocycles. The first-order chi connectivity index (χ1) is 7.20. The lowest BCUT2D eigenvalue weighted by atomic mass is 9.85. The molecule has 3 nitrogen and oxygen atoms in total. The molecular weight excluding hydrogens is 244 g/mol. The minimum atomic E-state index is -5.16. The lowest BCUT2D eigenvalue weighted by Crippen LogP contribution is -2.36. The zero-order valence-electron chi connectivity index (χ0n) is 8.70. The SMILES string of the molecule is O=P([O-])([O-])C(CC(F)(F)F)C1CCCCC1. The molecule has 96 valence electrons. The summed E-state index contributed by atoms with van der Waals surface area (Å²) in [5.41, 5.74) is -1.77. The van der Waals surface area contributed by atoms with Gasteiger partial charge in [-0.15, -0.1) is 0 Å². The van der Waals surface area contributed by atoms with Gasteiger partial charge in [0.15, 0.2) is 0 Å². The molecule has 0 saturated heterocycles. The van der Waals surface area contributed by atoms with Crippen LogP contribution in [0.3, 0.4) is 0 Å². The zero-order valence-corrected chi connectivity index (χ0v) is 9.60. The van der Waals surface area contributed by atoms with Crippen LogP contribution >= 0.6 is 7.60 Å². The lowest BCUT2D eigenvalue weighted by molar-refractivity contribution is -0.320. The summed E-state index contributed by atoms with van der Waals surface area (Å²) in [4.78, 5) is 21.8. The van der Waals surface area contributed by atoms with Crippen LogP contribution in [0.5, 0.6) is 0 Å². The number of rotatable bonds is 3. The van der Waals surface area contributed by atoms with Crippen LogP contribution in [0.25, 0.3) is 0 Å². The molecular formula is C9H14F3O3P-2. The van der Waals surface area contributed by atoms with Gasteiger partial charge in [-0.3, -0.25) is 0 Å². The van der Waals surface area contributed by atoms with Gasteiger partial charge in [0.1, 0.15) is 0 Å². The summed E-state index contributed by atoms with van der Waals surface area (Å²) >= 11 is 0. The molecule has 0 N–H and O–H groups in total. The van der Waals surface area contributed by atoms with Crippen LogP contribution in [0.1, 0.15) is 38.5 Å². The molecule has 0 radical (unpaired) electrons. The lowest BCUT2D eigenvalue weighted by Gasteiger charge is -2.44. The van der Waals surface area contributed by atoms with Crippen molar-refractivity contribution >= 4 is 7.60 Å². The van der Waals surface area contributed by atoms with E-state index in [0.29, 0.717) is 25.7 Å².